The molecular weight excluding hydrogens is 656 g/mol. The molecule has 0 aliphatic carbocycles. The summed E-state index contributed by atoms with van der Waals surface area (Å²) in [5.74, 6) is -1.89. The number of carbonyl (C=O) groups is 1. The van der Waals surface area contributed by atoms with Gasteiger partial charge in [-0.2, -0.15) is 9.61 Å². The SMILES string of the molecule is Cc1nn2c(N3CCN(CCOC(=O)c4ccc(Nc5ccc(F)c(F)c5)c([N+](=O)[O-])c4)CC3)cc(-c3ccccc3)nc2c1-c1ccccc1. The first-order valence-electron chi connectivity index (χ1n) is 16.4. The van der Waals surface area contributed by atoms with Crippen LogP contribution in [0.4, 0.5) is 31.7 Å². The summed E-state index contributed by atoms with van der Waals surface area (Å²) in [5.41, 5.74) is 5.33. The van der Waals surface area contributed by atoms with Crippen molar-refractivity contribution >= 4 is 34.5 Å². The zero-order valence-electron chi connectivity index (χ0n) is 27.6. The highest BCUT2D eigenvalue weighted by Crippen LogP contribution is 2.33. The molecule has 0 radical (unpaired) electrons. The van der Waals surface area contributed by atoms with Crippen LogP contribution < -0.4 is 10.2 Å². The number of nitro benzene ring substituents is 1. The average molecular weight is 690 g/mol. The van der Waals surface area contributed by atoms with Crippen molar-refractivity contribution in [2.24, 2.45) is 0 Å². The third-order valence-electron chi connectivity index (χ3n) is 8.84. The highest BCUT2D eigenvalue weighted by Gasteiger charge is 2.24. The van der Waals surface area contributed by atoms with E-state index < -0.39 is 28.2 Å². The molecule has 4 aromatic carbocycles. The number of hydrogen-bond donors (Lipinski definition) is 1. The number of esters is 1. The molecule has 51 heavy (non-hydrogen) atoms. The number of nitrogens with zero attached hydrogens (tertiary/aromatic N) is 6. The third-order valence-corrected chi connectivity index (χ3v) is 8.84. The predicted octanol–water partition coefficient (Wildman–Crippen LogP) is 7.28. The van der Waals surface area contributed by atoms with Gasteiger partial charge in [-0.3, -0.25) is 15.0 Å². The maximum atomic E-state index is 13.6. The number of fused-ring (bicyclic) bond motifs is 1. The first-order chi connectivity index (χ1) is 24.7. The summed E-state index contributed by atoms with van der Waals surface area (Å²) in [7, 11) is 0. The molecule has 1 saturated heterocycles. The Labute approximate surface area is 291 Å². The number of carbonyl (C=O) groups excluding carboxylic acids is 1. The number of nitrogens with one attached hydrogen (secondary N) is 1. The molecule has 0 unspecified atom stereocenters. The summed E-state index contributed by atoms with van der Waals surface area (Å²) in [4.78, 5) is 33.5. The molecule has 0 saturated carbocycles. The van der Waals surface area contributed by atoms with E-state index in [0.29, 0.717) is 32.7 Å². The second kappa shape index (κ2) is 14.3. The molecule has 13 heteroatoms. The van der Waals surface area contributed by atoms with E-state index in [4.69, 9.17) is 14.8 Å². The number of ether oxygens (including phenoxy) is 1. The third kappa shape index (κ3) is 7.10. The lowest BCUT2D eigenvalue weighted by atomic mass is 10.1. The van der Waals surface area contributed by atoms with Gasteiger partial charge in [-0.1, -0.05) is 60.7 Å². The van der Waals surface area contributed by atoms with Crippen LogP contribution in [0.25, 0.3) is 28.0 Å². The van der Waals surface area contributed by atoms with E-state index in [1.807, 2.05) is 60.0 Å². The van der Waals surface area contributed by atoms with Gasteiger partial charge < -0.3 is 15.0 Å². The van der Waals surface area contributed by atoms with Gasteiger partial charge in [-0.25, -0.2) is 18.6 Å². The van der Waals surface area contributed by atoms with E-state index in [9.17, 15) is 23.7 Å². The molecule has 1 aliphatic heterocycles. The Morgan fingerprint density at radius 1 is 0.882 bits per heavy atom. The van der Waals surface area contributed by atoms with Gasteiger partial charge in [-0.05, 0) is 36.8 Å². The maximum absolute atomic E-state index is 13.6. The number of hydrogen-bond acceptors (Lipinski definition) is 9. The van der Waals surface area contributed by atoms with Crippen LogP contribution >= 0.6 is 0 Å². The fourth-order valence-corrected chi connectivity index (χ4v) is 6.23. The summed E-state index contributed by atoms with van der Waals surface area (Å²) in [6.45, 7) is 5.42. The number of nitro groups is 1. The van der Waals surface area contributed by atoms with Crippen LogP contribution in [0.15, 0.2) is 103 Å². The van der Waals surface area contributed by atoms with Gasteiger partial charge in [0.2, 0.25) is 0 Å². The molecule has 7 rings (SSSR count). The molecular formula is C38H33F2N7O4. The largest absolute Gasteiger partial charge is 0.461 e. The topological polar surface area (TPSA) is 118 Å². The van der Waals surface area contributed by atoms with Gasteiger partial charge in [0.1, 0.15) is 18.1 Å². The number of aromatic nitrogens is 3. The van der Waals surface area contributed by atoms with Crippen molar-refractivity contribution in [1.82, 2.24) is 19.5 Å². The molecule has 1 aliphatic rings. The van der Waals surface area contributed by atoms with Crippen molar-refractivity contribution in [1.29, 1.82) is 0 Å². The van der Waals surface area contributed by atoms with Crippen molar-refractivity contribution in [2.45, 2.75) is 6.92 Å². The fourth-order valence-electron chi connectivity index (χ4n) is 6.23. The lowest BCUT2D eigenvalue weighted by molar-refractivity contribution is -0.383. The van der Waals surface area contributed by atoms with Crippen LogP contribution in [0.1, 0.15) is 16.1 Å². The summed E-state index contributed by atoms with van der Waals surface area (Å²) < 4.78 is 34.4. The Kier molecular flexibility index (Phi) is 9.36. The number of aryl methyl sites for hydroxylation is 1. The number of halogens is 2. The van der Waals surface area contributed by atoms with Crippen LogP contribution in [0.5, 0.6) is 0 Å². The van der Waals surface area contributed by atoms with E-state index in [1.165, 1.54) is 18.2 Å². The molecule has 0 atom stereocenters. The van der Waals surface area contributed by atoms with Crippen molar-refractivity contribution in [3.63, 3.8) is 0 Å². The van der Waals surface area contributed by atoms with Crippen molar-refractivity contribution < 1.29 is 23.2 Å². The van der Waals surface area contributed by atoms with Crippen LogP contribution in [-0.4, -0.2) is 69.7 Å². The predicted molar refractivity (Wildman–Crippen MR) is 190 cm³/mol. The summed E-state index contributed by atoms with van der Waals surface area (Å²) in [6.07, 6.45) is 0. The normalized spacial score (nSPS) is 13.4. The highest BCUT2D eigenvalue weighted by atomic mass is 19.2. The second-order valence-electron chi connectivity index (χ2n) is 12.1. The molecule has 0 amide bonds. The zero-order valence-corrected chi connectivity index (χ0v) is 27.6. The standard InChI is InChI=1S/C38H33F2N7O4/c1-25-36(27-10-6-3-7-11-27)37-42-33(26-8-4-2-5-9-26)24-35(46(37)43-25)45-18-16-44(17-19-45)20-21-51-38(48)28-12-15-32(34(22-28)47(49)50)41-29-13-14-30(39)31(40)23-29/h2-15,22-24,41H,16-21H2,1H3. The Bertz CT molecular complexity index is 2220. The van der Waals surface area contributed by atoms with Gasteiger partial charge in [-0.15, -0.1) is 0 Å². The monoisotopic (exact) mass is 689 g/mol. The fraction of sp³-hybridized carbons (Fsp3) is 0.184. The Morgan fingerprint density at radius 3 is 2.27 bits per heavy atom. The quantitative estimate of drug-likeness (QED) is 0.0900. The van der Waals surface area contributed by atoms with Gasteiger partial charge in [0.15, 0.2) is 17.3 Å². The van der Waals surface area contributed by atoms with Gasteiger partial charge in [0.05, 0.1) is 21.9 Å². The van der Waals surface area contributed by atoms with Crippen molar-refractivity contribution in [3.8, 4) is 22.4 Å². The molecule has 2 aromatic heterocycles. The van der Waals surface area contributed by atoms with Crippen LogP contribution in [0, 0.1) is 28.7 Å². The number of benzene rings is 4. The Hall–Kier alpha value is -6.21. The minimum atomic E-state index is -1.10. The summed E-state index contributed by atoms with van der Waals surface area (Å²) in [5, 5.41) is 19.4. The second-order valence-corrected chi connectivity index (χ2v) is 12.1. The first-order valence-corrected chi connectivity index (χ1v) is 16.4. The van der Waals surface area contributed by atoms with Gasteiger partial charge in [0.25, 0.3) is 5.69 Å². The summed E-state index contributed by atoms with van der Waals surface area (Å²) >= 11 is 0. The first kappa shape index (κ1) is 33.3. The lowest BCUT2D eigenvalue weighted by Gasteiger charge is -2.36. The number of anilines is 3. The smallest absolute Gasteiger partial charge is 0.338 e. The molecule has 11 nitrogen and oxygen atoms in total. The molecule has 258 valence electrons. The minimum Gasteiger partial charge on any atom is -0.461 e. The maximum Gasteiger partial charge on any atom is 0.338 e. The van der Waals surface area contributed by atoms with Crippen LogP contribution in [0.2, 0.25) is 0 Å². The van der Waals surface area contributed by atoms with E-state index in [1.54, 1.807) is 0 Å². The molecule has 0 bridgehead atoms. The molecule has 6 aromatic rings. The van der Waals surface area contributed by atoms with E-state index in [2.05, 4.69) is 33.3 Å². The highest BCUT2D eigenvalue weighted by molar-refractivity contribution is 5.91. The minimum absolute atomic E-state index is 0.00247. The van der Waals surface area contributed by atoms with Crippen LogP contribution in [0.3, 0.4) is 0 Å². The zero-order chi connectivity index (χ0) is 35.5. The molecule has 3 heterocycles. The summed E-state index contributed by atoms with van der Waals surface area (Å²) in [6, 6.07) is 29.2. The number of piperazine rings is 1. The van der Waals surface area contributed by atoms with Crippen LogP contribution in [-0.2, 0) is 4.74 Å². The Balaban J connectivity index is 1.01. The molecule has 0 spiro atoms. The van der Waals surface area contributed by atoms with E-state index >= 15 is 0 Å². The average Bonchev–Trinajstić information content (AvgIpc) is 3.49. The van der Waals surface area contributed by atoms with E-state index in [-0.39, 0.29) is 23.5 Å². The van der Waals surface area contributed by atoms with Gasteiger partial charge in [0, 0.05) is 67.7 Å². The van der Waals surface area contributed by atoms with Crippen molar-refractivity contribution in [2.75, 3.05) is 49.5 Å². The van der Waals surface area contributed by atoms with Gasteiger partial charge >= 0.3 is 5.97 Å². The lowest BCUT2D eigenvalue weighted by Crippen LogP contribution is -2.48. The number of rotatable bonds is 10. The van der Waals surface area contributed by atoms with E-state index in [0.717, 1.165) is 57.7 Å². The Morgan fingerprint density at radius 2 is 1.59 bits per heavy atom. The molecule has 1 N–H and O–H groups in total. The molecule has 1 fully saturated rings. The van der Waals surface area contributed by atoms with Crippen molar-refractivity contribution in [3.05, 3.63) is 136 Å².